The lowest BCUT2D eigenvalue weighted by molar-refractivity contribution is 0.00486. The van der Waals surface area contributed by atoms with Crippen LogP contribution in [0.3, 0.4) is 0 Å². The molecule has 138 valence electrons. The number of benzene rings is 1. The minimum Gasteiger partial charge on any atom is -0.386 e. The number of rotatable bonds is 6. The number of nitrogens with one attached hydrogen (secondary N) is 1. The summed E-state index contributed by atoms with van der Waals surface area (Å²) in [5.74, 6) is 0.719. The maximum atomic E-state index is 10.3. The normalized spacial score (nSPS) is 12.7. The van der Waals surface area contributed by atoms with Gasteiger partial charge in [0.05, 0.1) is 12.7 Å². The summed E-state index contributed by atoms with van der Waals surface area (Å²) in [6.07, 6.45) is 4.55. The Morgan fingerprint density at radius 2 is 2.07 bits per heavy atom. The minimum atomic E-state index is -0.692. The summed E-state index contributed by atoms with van der Waals surface area (Å²) in [5, 5.41) is 18.0. The molecule has 4 aromatic rings. The lowest BCUT2D eigenvalue weighted by Crippen LogP contribution is -2.12. The lowest BCUT2D eigenvalue weighted by Gasteiger charge is -2.14. The van der Waals surface area contributed by atoms with Crippen molar-refractivity contribution in [3.8, 4) is 17.1 Å². The van der Waals surface area contributed by atoms with Crippen LogP contribution in [0.1, 0.15) is 25.5 Å². The molecule has 0 radical (unpaired) electrons. The van der Waals surface area contributed by atoms with Crippen molar-refractivity contribution in [1.82, 2.24) is 24.7 Å². The molecule has 1 atom stereocenters. The lowest BCUT2D eigenvalue weighted by atomic mass is 10.1. The number of ether oxygens (including phenoxy) is 1. The van der Waals surface area contributed by atoms with Crippen molar-refractivity contribution in [3.05, 3.63) is 60.7 Å². The van der Waals surface area contributed by atoms with Gasteiger partial charge < -0.3 is 14.4 Å². The molecule has 7 heteroatoms. The van der Waals surface area contributed by atoms with Gasteiger partial charge in [-0.25, -0.2) is 9.97 Å². The third kappa shape index (κ3) is 3.60. The minimum absolute atomic E-state index is 0.0778. The Balaban J connectivity index is 1.65. The predicted molar refractivity (Wildman–Crippen MR) is 102 cm³/mol. The van der Waals surface area contributed by atoms with Gasteiger partial charge in [0.25, 0.3) is 0 Å². The van der Waals surface area contributed by atoms with E-state index >= 15 is 0 Å². The maximum absolute atomic E-state index is 10.3. The van der Waals surface area contributed by atoms with Gasteiger partial charge in [-0.2, -0.15) is 5.10 Å². The van der Waals surface area contributed by atoms with E-state index in [9.17, 15) is 5.11 Å². The average molecular weight is 363 g/mol. The fourth-order valence-electron chi connectivity index (χ4n) is 2.96. The maximum Gasteiger partial charge on any atom is 0.155 e. The molecule has 0 spiro atoms. The molecule has 7 nitrogen and oxygen atoms in total. The quantitative estimate of drug-likeness (QED) is 0.549. The van der Waals surface area contributed by atoms with E-state index < -0.39 is 6.10 Å². The first-order chi connectivity index (χ1) is 13.1. The molecule has 0 bridgehead atoms. The van der Waals surface area contributed by atoms with E-state index in [-0.39, 0.29) is 12.7 Å². The molecule has 0 saturated carbocycles. The molecule has 2 N–H and O–H groups in total. The van der Waals surface area contributed by atoms with Crippen LogP contribution in [0.15, 0.2) is 55.1 Å². The Hall–Kier alpha value is -3.03. The topological polar surface area (TPSA) is 88.8 Å². The van der Waals surface area contributed by atoms with Crippen LogP contribution in [0, 0.1) is 0 Å². The number of aliphatic hydroxyl groups excluding tert-OH is 1. The van der Waals surface area contributed by atoms with E-state index in [0.717, 1.165) is 33.7 Å². The SMILES string of the molecule is CC(C)OC[C@@H](O)c1cnc2c(ccn2-c2cccc(-c3ncn[nH]3)c2)c1. The van der Waals surface area contributed by atoms with Crippen LogP contribution in [-0.2, 0) is 4.74 Å². The number of hydrogen-bond acceptors (Lipinski definition) is 5. The highest BCUT2D eigenvalue weighted by Gasteiger charge is 2.13. The summed E-state index contributed by atoms with van der Waals surface area (Å²) in [6.45, 7) is 4.15. The number of nitrogens with zero attached hydrogens (tertiary/aromatic N) is 4. The average Bonchev–Trinajstić information content (AvgIpc) is 3.35. The molecule has 4 rings (SSSR count). The van der Waals surface area contributed by atoms with Crippen LogP contribution in [0.4, 0.5) is 0 Å². The second-order valence-electron chi connectivity index (χ2n) is 6.65. The highest BCUT2D eigenvalue weighted by Crippen LogP contribution is 2.24. The fraction of sp³-hybridized carbons (Fsp3) is 0.250. The van der Waals surface area contributed by atoms with E-state index in [1.807, 2.05) is 61.0 Å². The largest absolute Gasteiger partial charge is 0.386 e. The Labute approximate surface area is 156 Å². The zero-order valence-electron chi connectivity index (χ0n) is 15.2. The molecule has 0 aliphatic heterocycles. The Morgan fingerprint density at radius 1 is 1.19 bits per heavy atom. The molecular formula is C20H21N5O2. The van der Waals surface area contributed by atoms with E-state index in [0.29, 0.717) is 0 Å². The number of aliphatic hydroxyl groups is 1. The van der Waals surface area contributed by atoms with E-state index in [1.165, 1.54) is 6.33 Å². The second kappa shape index (κ2) is 7.30. The van der Waals surface area contributed by atoms with E-state index in [4.69, 9.17) is 4.74 Å². The molecule has 0 aliphatic carbocycles. The van der Waals surface area contributed by atoms with Crippen LogP contribution < -0.4 is 0 Å². The van der Waals surface area contributed by atoms with Gasteiger partial charge in [-0.1, -0.05) is 12.1 Å². The molecule has 0 fully saturated rings. The van der Waals surface area contributed by atoms with Gasteiger partial charge in [0.2, 0.25) is 0 Å². The van der Waals surface area contributed by atoms with Crippen LogP contribution in [0.2, 0.25) is 0 Å². The highest BCUT2D eigenvalue weighted by atomic mass is 16.5. The summed E-state index contributed by atoms with van der Waals surface area (Å²) in [6, 6.07) is 11.9. The molecular weight excluding hydrogens is 342 g/mol. The van der Waals surface area contributed by atoms with Crippen molar-refractivity contribution in [2.45, 2.75) is 26.1 Å². The molecule has 3 aromatic heterocycles. The van der Waals surface area contributed by atoms with Gasteiger partial charge >= 0.3 is 0 Å². The Morgan fingerprint density at radius 3 is 2.85 bits per heavy atom. The first-order valence-corrected chi connectivity index (χ1v) is 8.84. The standard InChI is InChI=1S/C20H21N5O2/c1-13(2)27-11-18(26)16-8-15-6-7-25(20(15)21-10-16)17-5-3-4-14(9-17)19-22-12-23-24-19/h3-10,12-13,18,26H,11H2,1-2H3,(H,22,23,24)/t18-/m1/s1. The van der Waals surface area contributed by atoms with Crippen LogP contribution in [-0.4, -0.2) is 42.5 Å². The summed E-state index contributed by atoms with van der Waals surface area (Å²) >= 11 is 0. The van der Waals surface area contributed by atoms with Gasteiger partial charge in [-0.3, -0.25) is 5.10 Å². The van der Waals surface area contributed by atoms with Crippen molar-refractivity contribution in [2.75, 3.05) is 6.61 Å². The van der Waals surface area contributed by atoms with E-state index in [2.05, 4.69) is 20.2 Å². The zero-order chi connectivity index (χ0) is 18.8. The Kier molecular flexibility index (Phi) is 4.70. The summed E-state index contributed by atoms with van der Waals surface area (Å²) in [4.78, 5) is 8.77. The van der Waals surface area contributed by atoms with Crippen LogP contribution >= 0.6 is 0 Å². The van der Waals surface area contributed by atoms with E-state index in [1.54, 1.807) is 6.20 Å². The number of hydrogen-bond donors (Lipinski definition) is 2. The molecule has 0 unspecified atom stereocenters. The van der Waals surface area contributed by atoms with Crippen LogP contribution in [0.25, 0.3) is 28.1 Å². The molecule has 0 amide bonds. The molecule has 27 heavy (non-hydrogen) atoms. The van der Waals surface area contributed by atoms with Gasteiger partial charge in [0.1, 0.15) is 18.1 Å². The molecule has 0 aliphatic rings. The second-order valence-corrected chi connectivity index (χ2v) is 6.65. The molecule has 0 saturated heterocycles. The van der Waals surface area contributed by atoms with Gasteiger partial charge in [-0.15, -0.1) is 0 Å². The highest BCUT2D eigenvalue weighted by molar-refractivity contribution is 5.79. The predicted octanol–water partition coefficient (Wildman–Crippen LogP) is 3.27. The van der Waals surface area contributed by atoms with Gasteiger partial charge in [0, 0.05) is 34.6 Å². The third-order valence-corrected chi connectivity index (χ3v) is 4.33. The number of aromatic amines is 1. The third-order valence-electron chi connectivity index (χ3n) is 4.33. The monoisotopic (exact) mass is 363 g/mol. The first-order valence-electron chi connectivity index (χ1n) is 8.84. The van der Waals surface area contributed by atoms with Crippen molar-refractivity contribution < 1.29 is 9.84 Å². The van der Waals surface area contributed by atoms with Gasteiger partial charge in [0.15, 0.2) is 5.82 Å². The number of fused-ring (bicyclic) bond motifs is 1. The number of H-pyrrole nitrogens is 1. The van der Waals surface area contributed by atoms with Crippen molar-refractivity contribution in [2.24, 2.45) is 0 Å². The van der Waals surface area contributed by atoms with Crippen LogP contribution in [0.5, 0.6) is 0 Å². The molecule has 1 aromatic carbocycles. The zero-order valence-corrected chi connectivity index (χ0v) is 15.2. The van der Waals surface area contributed by atoms with Crippen molar-refractivity contribution in [3.63, 3.8) is 0 Å². The fourth-order valence-corrected chi connectivity index (χ4v) is 2.96. The first kappa shape index (κ1) is 17.4. The number of aromatic nitrogens is 5. The smallest absolute Gasteiger partial charge is 0.155 e. The summed E-state index contributed by atoms with van der Waals surface area (Å²) in [7, 11) is 0. The summed E-state index contributed by atoms with van der Waals surface area (Å²) in [5.41, 5.74) is 3.49. The van der Waals surface area contributed by atoms with Crippen molar-refractivity contribution in [1.29, 1.82) is 0 Å². The van der Waals surface area contributed by atoms with Crippen molar-refractivity contribution >= 4 is 11.0 Å². The summed E-state index contributed by atoms with van der Waals surface area (Å²) < 4.78 is 7.51. The number of pyridine rings is 1. The molecule has 3 heterocycles. The Bertz CT molecular complexity index is 1040. The van der Waals surface area contributed by atoms with Gasteiger partial charge in [-0.05, 0) is 38.1 Å².